The van der Waals surface area contributed by atoms with E-state index in [1.54, 1.807) is 12.3 Å². The van der Waals surface area contributed by atoms with Crippen molar-refractivity contribution in [3.63, 3.8) is 0 Å². The molecule has 1 saturated heterocycles. The van der Waals surface area contributed by atoms with Gasteiger partial charge in [-0.2, -0.15) is 0 Å². The lowest BCUT2D eigenvalue weighted by molar-refractivity contribution is 0.0968. The molecule has 166 valence electrons. The Morgan fingerprint density at radius 1 is 1.12 bits per heavy atom. The van der Waals surface area contributed by atoms with Crippen molar-refractivity contribution in [2.75, 3.05) is 25.9 Å². The smallest absolute Gasteiger partial charge is 0.141 e. The van der Waals surface area contributed by atoms with Gasteiger partial charge in [0.15, 0.2) is 0 Å². The molecule has 2 N–H and O–H groups in total. The zero-order valence-corrected chi connectivity index (χ0v) is 17.9. The molecule has 1 fully saturated rings. The first-order chi connectivity index (χ1) is 15.6. The first-order valence-corrected chi connectivity index (χ1v) is 10.5. The maximum absolute atomic E-state index is 13.2. The molecule has 0 atom stereocenters. The lowest BCUT2D eigenvalue weighted by Crippen LogP contribution is -2.37. The quantitative estimate of drug-likeness (QED) is 0.451. The third-order valence-corrected chi connectivity index (χ3v) is 5.37. The molecule has 0 spiro atoms. The topological polar surface area (TPSA) is 85.9 Å². The van der Waals surface area contributed by atoms with E-state index in [0.717, 1.165) is 50.0 Å². The largest absolute Gasteiger partial charge is 0.490 e. The monoisotopic (exact) mass is 435 g/mol. The molecular formula is C24H26FN5O2. The van der Waals surface area contributed by atoms with Crippen molar-refractivity contribution in [1.29, 1.82) is 0 Å². The van der Waals surface area contributed by atoms with Crippen molar-refractivity contribution in [2.24, 2.45) is 5.16 Å². The second kappa shape index (κ2) is 10.2. The molecule has 2 aromatic heterocycles. The Morgan fingerprint density at radius 3 is 2.56 bits per heavy atom. The molecule has 32 heavy (non-hydrogen) atoms. The molecule has 0 bridgehead atoms. The van der Waals surface area contributed by atoms with E-state index >= 15 is 0 Å². The van der Waals surface area contributed by atoms with Crippen LogP contribution in [0.25, 0.3) is 0 Å². The van der Waals surface area contributed by atoms with Gasteiger partial charge in [-0.15, -0.1) is 0 Å². The number of nitrogens with two attached hydrogens (primary N) is 1. The van der Waals surface area contributed by atoms with Gasteiger partial charge in [-0.1, -0.05) is 5.16 Å². The summed E-state index contributed by atoms with van der Waals surface area (Å²) in [6, 6.07) is 14.5. The number of oxime groups is 1. The summed E-state index contributed by atoms with van der Waals surface area (Å²) in [5.74, 6) is 0.959. The summed E-state index contributed by atoms with van der Waals surface area (Å²) in [6.45, 7) is 2.80. The fraction of sp³-hybridized carbons (Fsp3) is 0.292. The molecule has 1 aliphatic heterocycles. The van der Waals surface area contributed by atoms with Gasteiger partial charge in [-0.25, -0.2) is 9.37 Å². The van der Waals surface area contributed by atoms with Crippen LogP contribution in [-0.2, 0) is 11.4 Å². The number of likely N-dealkylation sites (tertiary alicyclic amines) is 1. The number of halogens is 1. The average molecular weight is 436 g/mol. The number of pyridine rings is 2. The normalized spacial score (nSPS) is 15.5. The van der Waals surface area contributed by atoms with Gasteiger partial charge in [0.05, 0.1) is 11.9 Å². The summed E-state index contributed by atoms with van der Waals surface area (Å²) in [4.78, 5) is 15.5. The Kier molecular flexibility index (Phi) is 6.91. The van der Waals surface area contributed by atoms with Crippen LogP contribution in [0.4, 0.5) is 10.2 Å². The molecule has 1 aromatic carbocycles. The highest BCUT2D eigenvalue weighted by Crippen LogP contribution is 2.22. The molecule has 0 amide bonds. The lowest BCUT2D eigenvalue weighted by atomic mass is 10.1. The SMILES string of the molecule is CO/N=C(\c1ccc(OC2CCN(Cc3ccnc(N)c3)CC2)cc1)c1ccc(F)cn1. The maximum atomic E-state index is 13.2. The summed E-state index contributed by atoms with van der Waals surface area (Å²) < 4.78 is 19.4. The second-order valence-corrected chi connectivity index (χ2v) is 7.69. The van der Waals surface area contributed by atoms with Crippen LogP contribution < -0.4 is 10.5 Å². The zero-order chi connectivity index (χ0) is 22.3. The highest BCUT2D eigenvalue weighted by atomic mass is 19.1. The molecule has 0 saturated carbocycles. The van der Waals surface area contributed by atoms with Crippen LogP contribution in [0, 0.1) is 5.82 Å². The number of aromatic nitrogens is 2. The van der Waals surface area contributed by atoms with Crippen LogP contribution in [0.5, 0.6) is 5.75 Å². The minimum absolute atomic E-state index is 0.172. The van der Waals surface area contributed by atoms with Crippen LogP contribution in [0.1, 0.15) is 29.7 Å². The summed E-state index contributed by atoms with van der Waals surface area (Å²) in [5.41, 5.74) is 8.83. The van der Waals surface area contributed by atoms with Crippen LogP contribution in [0.15, 0.2) is 66.1 Å². The van der Waals surface area contributed by atoms with E-state index in [-0.39, 0.29) is 6.10 Å². The molecule has 0 aliphatic carbocycles. The molecule has 8 heteroatoms. The fourth-order valence-electron chi connectivity index (χ4n) is 3.77. The van der Waals surface area contributed by atoms with Gasteiger partial charge in [0.2, 0.25) is 0 Å². The van der Waals surface area contributed by atoms with E-state index in [0.29, 0.717) is 17.2 Å². The standard InChI is InChI=1S/C24H26FN5O2/c1-31-29-24(22-7-4-19(25)15-28-22)18-2-5-20(6-3-18)32-21-9-12-30(13-10-21)16-17-8-11-27-23(26)14-17/h2-8,11,14-15,21H,9-10,12-13,16H2,1H3,(H2,26,27)/b29-24+. The van der Waals surface area contributed by atoms with E-state index in [1.807, 2.05) is 36.4 Å². The Morgan fingerprint density at radius 2 is 1.91 bits per heavy atom. The minimum Gasteiger partial charge on any atom is -0.490 e. The number of anilines is 1. The highest BCUT2D eigenvalue weighted by molar-refractivity contribution is 6.11. The fourth-order valence-corrected chi connectivity index (χ4v) is 3.77. The Balaban J connectivity index is 1.34. The summed E-state index contributed by atoms with van der Waals surface area (Å²) in [7, 11) is 1.47. The van der Waals surface area contributed by atoms with Crippen molar-refractivity contribution in [1.82, 2.24) is 14.9 Å². The van der Waals surface area contributed by atoms with Crippen molar-refractivity contribution in [2.45, 2.75) is 25.5 Å². The molecule has 1 aliphatic rings. The average Bonchev–Trinajstić information content (AvgIpc) is 2.80. The Bertz CT molecular complexity index is 1050. The number of nitrogens with zero attached hydrogens (tertiary/aromatic N) is 4. The van der Waals surface area contributed by atoms with Crippen molar-refractivity contribution < 1.29 is 14.0 Å². The number of ether oxygens (including phenoxy) is 1. The van der Waals surface area contributed by atoms with Crippen LogP contribution in [0.3, 0.4) is 0 Å². The summed E-state index contributed by atoms with van der Waals surface area (Å²) in [5, 5.41) is 4.06. The number of hydrogen-bond donors (Lipinski definition) is 1. The third-order valence-electron chi connectivity index (χ3n) is 5.37. The Labute approximate surface area is 186 Å². The van der Waals surface area contributed by atoms with Gasteiger partial charge in [-0.3, -0.25) is 9.88 Å². The second-order valence-electron chi connectivity index (χ2n) is 7.69. The lowest BCUT2D eigenvalue weighted by Gasteiger charge is -2.32. The first-order valence-electron chi connectivity index (χ1n) is 10.5. The molecular weight excluding hydrogens is 409 g/mol. The number of piperidine rings is 1. The van der Waals surface area contributed by atoms with E-state index in [2.05, 4.69) is 20.0 Å². The molecule has 3 heterocycles. The number of rotatable bonds is 7. The van der Waals surface area contributed by atoms with Gasteiger partial charge >= 0.3 is 0 Å². The van der Waals surface area contributed by atoms with E-state index in [9.17, 15) is 4.39 Å². The molecule has 0 radical (unpaired) electrons. The van der Waals surface area contributed by atoms with E-state index in [4.69, 9.17) is 15.3 Å². The molecule has 4 rings (SSSR count). The number of benzene rings is 1. The predicted octanol–water partition coefficient (Wildman–Crippen LogP) is 3.64. The predicted molar refractivity (Wildman–Crippen MR) is 121 cm³/mol. The maximum Gasteiger partial charge on any atom is 0.141 e. The minimum atomic E-state index is -0.398. The Hall–Kier alpha value is -3.52. The van der Waals surface area contributed by atoms with Gasteiger partial charge < -0.3 is 15.3 Å². The molecule has 7 nitrogen and oxygen atoms in total. The highest BCUT2D eigenvalue weighted by Gasteiger charge is 2.21. The van der Waals surface area contributed by atoms with Crippen LogP contribution in [-0.4, -0.2) is 46.9 Å². The molecule has 0 unspecified atom stereocenters. The van der Waals surface area contributed by atoms with E-state index in [1.165, 1.54) is 18.7 Å². The van der Waals surface area contributed by atoms with Gasteiger partial charge in [-0.05, 0) is 66.9 Å². The van der Waals surface area contributed by atoms with Crippen molar-refractivity contribution in [3.8, 4) is 5.75 Å². The van der Waals surface area contributed by atoms with Crippen LogP contribution in [0.2, 0.25) is 0 Å². The summed E-state index contributed by atoms with van der Waals surface area (Å²) >= 11 is 0. The summed E-state index contributed by atoms with van der Waals surface area (Å²) in [6.07, 6.45) is 4.99. The van der Waals surface area contributed by atoms with Crippen molar-refractivity contribution in [3.05, 3.63) is 83.6 Å². The zero-order valence-electron chi connectivity index (χ0n) is 17.9. The number of nitrogen functional groups attached to an aromatic ring is 1. The van der Waals surface area contributed by atoms with Gasteiger partial charge in [0.1, 0.15) is 36.3 Å². The third kappa shape index (κ3) is 5.59. The van der Waals surface area contributed by atoms with Crippen LogP contribution >= 0.6 is 0 Å². The molecule has 3 aromatic rings. The van der Waals surface area contributed by atoms with Gasteiger partial charge in [0.25, 0.3) is 0 Å². The number of hydrogen-bond acceptors (Lipinski definition) is 7. The van der Waals surface area contributed by atoms with Gasteiger partial charge in [0, 0.05) is 31.4 Å². The van der Waals surface area contributed by atoms with E-state index < -0.39 is 5.82 Å². The first kappa shape index (κ1) is 21.7. The van der Waals surface area contributed by atoms with Crippen molar-refractivity contribution >= 4 is 11.5 Å².